The first-order valence-electron chi connectivity index (χ1n) is 12.1. The summed E-state index contributed by atoms with van der Waals surface area (Å²) in [5.41, 5.74) is 2.22. The predicted molar refractivity (Wildman–Crippen MR) is 135 cm³/mol. The molecule has 1 fully saturated rings. The maximum Gasteiger partial charge on any atom is 0.410 e. The van der Waals surface area contributed by atoms with E-state index < -0.39 is 5.92 Å². The fraction of sp³-hybridized carbons (Fsp3) is 0.310. The van der Waals surface area contributed by atoms with Crippen molar-refractivity contribution in [2.24, 2.45) is 5.92 Å². The number of rotatable bonds is 9. The van der Waals surface area contributed by atoms with E-state index >= 15 is 0 Å². The summed E-state index contributed by atoms with van der Waals surface area (Å²) >= 11 is 0. The number of aromatic nitrogens is 1. The first-order chi connectivity index (χ1) is 17.5. The second kappa shape index (κ2) is 12.1. The maximum atomic E-state index is 13.4. The zero-order valence-electron chi connectivity index (χ0n) is 20.3. The number of hydrogen-bond acceptors (Lipinski definition) is 6. The molecular formula is C29H30N2O5. The highest BCUT2D eigenvalue weighted by atomic mass is 16.6. The molecule has 1 saturated heterocycles. The van der Waals surface area contributed by atoms with Gasteiger partial charge in [-0.2, -0.15) is 0 Å². The molecular weight excluding hydrogens is 456 g/mol. The molecule has 2 aromatic carbocycles. The summed E-state index contributed by atoms with van der Waals surface area (Å²) in [5, 5.41) is 0. The van der Waals surface area contributed by atoms with E-state index in [-0.39, 0.29) is 36.6 Å². The van der Waals surface area contributed by atoms with E-state index in [0.29, 0.717) is 37.2 Å². The summed E-state index contributed by atoms with van der Waals surface area (Å²) in [6, 6.07) is 20.0. The van der Waals surface area contributed by atoms with Crippen molar-refractivity contribution < 1.29 is 23.9 Å². The third-order valence-electron chi connectivity index (χ3n) is 6.62. The highest BCUT2D eigenvalue weighted by molar-refractivity contribution is 6.03. The van der Waals surface area contributed by atoms with Crippen molar-refractivity contribution in [3.8, 4) is 5.75 Å². The molecule has 7 nitrogen and oxygen atoms in total. The lowest BCUT2D eigenvalue weighted by atomic mass is 9.82. The number of benzene rings is 2. The van der Waals surface area contributed by atoms with E-state index in [2.05, 4.69) is 4.98 Å². The number of ether oxygens (including phenoxy) is 2. The fourth-order valence-electron chi connectivity index (χ4n) is 4.48. The van der Waals surface area contributed by atoms with Gasteiger partial charge < -0.3 is 14.4 Å². The maximum absolute atomic E-state index is 13.4. The molecule has 1 aromatic heterocycles. The van der Waals surface area contributed by atoms with Crippen LogP contribution in [0.15, 0.2) is 79.1 Å². The predicted octanol–water partition coefficient (Wildman–Crippen LogP) is 5.06. The van der Waals surface area contributed by atoms with E-state index in [9.17, 15) is 14.4 Å². The van der Waals surface area contributed by atoms with Crippen LogP contribution in [0.25, 0.3) is 0 Å². The highest BCUT2D eigenvalue weighted by Gasteiger charge is 2.32. The van der Waals surface area contributed by atoms with Crippen molar-refractivity contribution in [1.29, 1.82) is 0 Å². The number of likely N-dealkylation sites (tertiary alicyclic amines) is 1. The Hall–Kier alpha value is -4.00. The molecule has 1 aliphatic heterocycles. The molecule has 0 bridgehead atoms. The number of carbonyl (C=O) groups excluding carboxylic acids is 3. The van der Waals surface area contributed by atoms with Crippen molar-refractivity contribution in [1.82, 2.24) is 9.88 Å². The van der Waals surface area contributed by atoms with Gasteiger partial charge in [0.15, 0.2) is 5.78 Å². The molecule has 1 aliphatic rings. The second-order valence-electron chi connectivity index (χ2n) is 8.90. The quantitative estimate of drug-likeness (QED) is 0.393. The normalized spacial score (nSPS) is 14.6. The number of amides is 1. The summed E-state index contributed by atoms with van der Waals surface area (Å²) in [5.74, 6) is -0.203. The van der Waals surface area contributed by atoms with Gasteiger partial charge in [0, 0.05) is 43.4 Å². The summed E-state index contributed by atoms with van der Waals surface area (Å²) in [6.45, 7) is 1.13. The number of pyridine rings is 1. The number of nitrogens with zero attached hydrogens (tertiary/aromatic N) is 2. The number of hydrogen-bond donors (Lipinski definition) is 0. The molecule has 2 heterocycles. The minimum atomic E-state index is -0.595. The number of methoxy groups -OCH3 is 1. The van der Waals surface area contributed by atoms with Crippen molar-refractivity contribution in [2.75, 3.05) is 20.2 Å². The van der Waals surface area contributed by atoms with Gasteiger partial charge in [-0.05, 0) is 60.4 Å². The lowest BCUT2D eigenvalue weighted by molar-refractivity contribution is -0.124. The van der Waals surface area contributed by atoms with Crippen LogP contribution in [0, 0.1) is 5.92 Å². The molecule has 7 heteroatoms. The van der Waals surface area contributed by atoms with Crippen LogP contribution in [-0.4, -0.2) is 47.7 Å². The Morgan fingerprint density at radius 1 is 0.944 bits per heavy atom. The largest absolute Gasteiger partial charge is 0.497 e. The molecule has 186 valence electrons. The van der Waals surface area contributed by atoms with E-state index in [1.165, 1.54) is 0 Å². The van der Waals surface area contributed by atoms with Crippen molar-refractivity contribution in [2.45, 2.75) is 31.8 Å². The van der Waals surface area contributed by atoms with Crippen molar-refractivity contribution in [3.63, 3.8) is 0 Å². The molecule has 1 atom stereocenters. The second-order valence-corrected chi connectivity index (χ2v) is 8.90. The van der Waals surface area contributed by atoms with Gasteiger partial charge in [0.05, 0.1) is 13.0 Å². The lowest BCUT2D eigenvalue weighted by Crippen LogP contribution is -2.40. The van der Waals surface area contributed by atoms with Crippen LogP contribution < -0.4 is 4.74 Å². The van der Waals surface area contributed by atoms with Gasteiger partial charge in [-0.1, -0.05) is 30.3 Å². The van der Waals surface area contributed by atoms with Crippen LogP contribution in [-0.2, 0) is 16.1 Å². The van der Waals surface area contributed by atoms with Crippen molar-refractivity contribution >= 4 is 17.7 Å². The van der Waals surface area contributed by atoms with E-state index in [0.717, 1.165) is 11.1 Å². The molecule has 0 spiro atoms. The van der Waals surface area contributed by atoms with E-state index in [4.69, 9.17) is 9.47 Å². The Bertz CT molecular complexity index is 1160. The van der Waals surface area contributed by atoms with Gasteiger partial charge >= 0.3 is 6.09 Å². The molecule has 1 amide bonds. The minimum Gasteiger partial charge on any atom is -0.497 e. The van der Waals surface area contributed by atoms with Gasteiger partial charge in [0.2, 0.25) is 0 Å². The first kappa shape index (κ1) is 25.1. The minimum absolute atomic E-state index is 0.0379. The standard InChI is InChI=1S/C29H30N2O5/c1-35-25-9-7-24(8-10-25)28(33)26(22-11-15-30-16-12-22)19-27(32)23-13-17-31(18-14-23)29(34)36-20-21-5-3-2-4-6-21/h2-12,15-16,23,26H,13-14,17-20H2,1H3. The van der Waals surface area contributed by atoms with Gasteiger partial charge in [0.1, 0.15) is 18.1 Å². The average molecular weight is 487 g/mol. The molecule has 3 aromatic rings. The lowest BCUT2D eigenvalue weighted by Gasteiger charge is -2.31. The average Bonchev–Trinajstić information content (AvgIpc) is 2.95. The van der Waals surface area contributed by atoms with Crippen LogP contribution in [0.4, 0.5) is 4.79 Å². The Balaban J connectivity index is 1.36. The molecule has 0 radical (unpaired) electrons. The molecule has 0 N–H and O–H groups in total. The molecule has 0 aliphatic carbocycles. The highest BCUT2D eigenvalue weighted by Crippen LogP contribution is 2.29. The topological polar surface area (TPSA) is 85.8 Å². The number of ketones is 2. The van der Waals surface area contributed by atoms with Crippen LogP contribution in [0.3, 0.4) is 0 Å². The first-order valence-corrected chi connectivity index (χ1v) is 12.1. The molecule has 4 rings (SSSR count). The van der Waals surface area contributed by atoms with Crippen molar-refractivity contribution in [3.05, 3.63) is 95.8 Å². The number of piperidine rings is 1. The number of carbonyl (C=O) groups is 3. The Morgan fingerprint density at radius 3 is 2.25 bits per heavy atom. The zero-order valence-corrected chi connectivity index (χ0v) is 20.3. The van der Waals surface area contributed by atoms with Crippen LogP contribution in [0.5, 0.6) is 5.75 Å². The summed E-state index contributed by atoms with van der Waals surface area (Å²) in [6.07, 6.45) is 4.12. The number of Topliss-reactive ketones (excluding diaryl/α,β-unsaturated/α-hetero) is 2. The van der Waals surface area contributed by atoms with E-state index in [1.807, 2.05) is 30.3 Å². The monoisotopic (exact) mass is 486 g/mol. The summed E-state index contributed by atoms with van der Waals surface area (Å²) < 4.78 is 10.6. The van der Waals surface area contributed by atoms with Gasteiger partial charge in [-0.15, -0.1) is 0 Å². The third-order valence-corrected chi connectivity index (χ3v) is 6.62. The Labute approximate surface area is 211 Å². The van der Waals surface area contributed by atoms with Gasteiger partial charge in [0.25, 0.3) is 0 Å². The smallest absolute Gasteiger partial charge is 0.410 e. The van der Waals surface area contributed by atoms with Crippen LogP contribution in [0.1, 0.15) is 46.7 Å². The van der Waals surface area contributed by atoms with Gasteiger partial charge in [-0.25, -0.2) is 4.79 Å². The Morgan fingerprint density at radius 2 is 1.61 bits per heavy atom. The van der Waals surface area contributed by atoms with Gasteiger partial charge in [-0.3, -0.25) is 14.6 Å². The summed E-state index contributed by atoms with van der Waals surface area (Å²) in [7, 11) is 1.57. The zero-order chi connectivity index (χ0) is 25.3. The fourth-order valence-corrected chi connectivity index (χ4v) is 4.48. The third kappa shape index (κ3) is 6.36. The molecule has 36 heavy (non-hydrogen) atoms. The SMILES string of the molecule is COc1ccc(C(=O)C(CC(=O)C2CCN(C(=O)OCc3ccccc3)CC2)c2ccncc2)cc1. The molecule has 0 saturated carbocycles. The Kier molecular flexibility index (Phi) is 8.44. The molecule has 1 unspecified atom stereocenters. The van der Waals surface area contributed by atoms with Crippen LogP contribution in [0.2, 0.25) is 0 Å². The summed E-state index contributed by atoms with van der Waals surface area (Å²) in [4.78, 5) is 44.9. The van der Waals surface area contributed by atoms with E-state index in [1.54, 1.807) is 60.8 Å². The van der Waals surface area contributed by atoms with Crippen LogP contribution >= 0.6 is 0 Å².